The zero-order valence-electron chi connectivity index (χ0n) is 22.9. The van der Waals surface area contributed by atoms with Gasteiger partial charge >= 0.3 is 0 Å². The van der Waals surface area contributed by atoms with Gasteiger partial charge in [-0.05, 0) is 73.5 Å². The SMILES string of the molecule is COc1ccc(CCNC(=O)c2ccccc2NC(=O)c2cccc(NS(=O)(=O)c3ccc(C)cc3)c2)cc1OC. The second-order valence-corrected chi connectivity index (χ2v) is 10.9. The van der Waals surface area contributed by atoms with Crippen LogP contribution in [0.3, 0.4) is 0 Å². The predicted molar refractivity (Wildman–Crippen MR) is 158 cm³/mol. The van der Waals surface area contributed by atoms with Crippen molar-refractivity contribution in [2.45, 2.75) is 18.2 Å². The molecule has 0 aliphatic rings. The van der Waals surface area contributed by atoms with Crippen molar-refractivity contribution in [3.63, 3.8) is 0 Å². The number of carbonyl (C=O) groups excluding carboxylic acids is 2. The minimum Gasteiger partial charge on any atom is -0.493 e. The van der Waals surface area contributed by atoms with Gasteiger partial charge in [0.1, 0.15) is 0 Å². The number of aryl methyl sites for hydroxylation is 1. The molecule has 0 atom stereocenters. The van der Waals surface area contributed by atoms with Gasteiger partial charge in [-0.3, -0.25) is 14.3 Å². The van der Waals surface area contributed by atoms with Crippen molar-refractivity contribution in [3.05, 3.63) is 113 Å². The molecule has 4 rings (SSSR count). The van der Waals surface area contributed by atoms with Crippen LogP contribution in [0, 0.1) is 6.92 Å². The number of anilines is 2. The predicted octanol–water partition coefficient (Wildman–Crippen LogP) is 5.04. The van der Waals surface area contributed by atoms with Crippen LogP contribution < -0.4 is 24.8 Å². The van der Waals surface area contributed by atoms with E-state index in [0.717, 1.165) is 11.1 Å². The van der Waals surface area contributed by atoms with Gasteiger partial charge in [-0.15, -0.1) is 0 Å². The fourth-order valence-corrected chi connectivity index (χ4v) is 5.14. The second-order valence-electron chi connectivity index (χ2n) is 9.19. The molecule has 4 aromatic carbocycles. The van der Waals surface area contributed by atoms with Crippen molar-refractivity contribution in [1.29, 1.82) is 0 Å². The van der Waals surface area contributed by atoms with Crippen molar-refractivity contribution in [3.8, 4) is 11.5 Å². The Bertz CT molecular complexity index is 1650. The maximum Gasteiger partial charge on any atom is 0.261 e. The Kier molecular flexibility index (Phi) is 9.26. The molecule has 0 aromatic heterocycles. The summed E-state index contributed by atoms with van der Waals surface area (Å²) in [5.74, 6) is 0.392. The molecule has 0 unspecified atom stereocenters. The smallest absolute Gasteiger partial charge is 0.261 e. The summed E-state index contributed by atoms with van der Waals surface area (Å²) in [5.41, 5.74) is 2.98. The lowest BCUT2D eigenvalue weighted by molar-refractivity contribution is 0.0955. The number of para-hydroxylation sites is 1. The quantitative estimate of drug-likeness (QED) is 0.231. The summed E-state index contributed by atoms with van der Waals surface area (Å²) in [6.07, 6.45) is 0.561. The van der Waals surface area contributed by atoms with Gasteiger partial charge in [0, 0.05) is 17.8 Å². The molecule has 0 aliphatic heterocycles. The van der Waals surface area contributed by atoms with Crippen LogP contribution in [-0.4, -0.2) is 41.0 Å². The first-order valence-electron chi connectivity index (χ1n) is 12.8. The van der Waals surface area contributed by atoms with Crippen molar-refractivity contribution in [2.24, 2.45) is 0 Å². The molecule has 41 heavy (non-hydrogen) atoms. The van der Waals surface area contributed by atoms with E-state index in [-0.39, 0.29) is 22.1 Å². The summed E-state index contributed by atoms with van der Waals surface area (Å²) >= 11 is 0. The number of ether oxygens (including phenoxy) is 2. The van der Waals surface area contributed by atoms with E-state index < -0.39 is 15.9 Å². The minimum atomic E-state index is -3.83. The molecule has 0 saturated heterocycles. The van der Waals surface area contributed by atoms with Crippen molar-refractivity contribution in [1.82, 2.24) is 5.32 Å². The number of methoxy groups -OCH3 is 2. The Balaban J connectivity index is 1.41. The highest BCUT2D eigenvalue weighted by Crippen LogP contribution is 2.27. The van der Waals surface area contributed by atoms with Gasteiger partial charge in [-0.1, -0.05) is 42.0 Å². The lowest BCUT2D eigenvalue weighted by Crippen LogP contribution is -2.27. The van der Waals surface area contributed by atoms with Crippen LogP contribution in [0.25, 0.3) is 0 Å². The lowest BCUT2D eigenvalue weighted by Gasteiger charge is -2.13. The molecule has 0 aliphatic carbocycles. The van der Waals surface area contributed by atoms with Crippen LogP contribution in [-0.2, 0) is 16.4 Å². The molecule has 4 aromatic rings. The first-order valence-corrected chi connectivity index (χ1v) is 14.3. The van der Waals surface area contributed by atoms with Crippen molar-refractivity contribution in [2.75, 3.05) is 30.8 Å². The number of hydrogen-bond donors (Lipinski definition) is 3. The van der Waals surface area contributed by atoms with Crippen LogP contribution in [0.4, 0.5) is 11.4 Å². The number of nitrogens with one attached hydrogen (secondary N) is 3. The van der Waals surface area contributed by atoms with E-state index in [1.807, 2.05) is 25.1 Å². The van der Waals surface area contributed by atoms with Gasteiger partial charge in [-0.2, -0.15) is 0 Å². The molecule has 0 radical (unpaired) electrons. The molecule has 9 nitrogen and oxygen atoms in total. The molecular formula is C31H31N3O6S. The zero-order chi connectivity index (χ0) is 29.4. The van der Waals surface area contributed by atoms with Crippen molar-refractivity contribution < 1.29 is 27.5 Å². The van der Waals surface area contributed by atoms with Gasteiger partial charge in [0.05, 0.1) is 30.4 Å². The number of sulfonamides is 1. The van der Waals surface area contributed by atoms with Gasteiger partial charge in [0.25, 0.3) is 21.8 Å². The molecule has 0 saturated carbocycles. The van der Waals surface area contributed by atoms with Crippen molar-refractivity contribution >= 4 is 33.2 Å². The van der Waals surface area contributed by atoms with E-state index >= 15 is 0 Å². The van der Waals surface area contributed by atoms with Crippen LogP contribution in [0.1, 0.15) is 31.8 Å². The number of hydrogen-bond acceptors (Lipinski definition) is 6. The first kappa shape index (κ1) is 29.2. The standard InChI is InChI=1S/C31H31N3O6S/c1-21-11-14-25(15-12-21)41(37,38)34-24-8-6-7-23(20-24)30(35)33-27-10-5-4-9-26(27)31(36)32-18-17-22-13-16-28(39-2)29(19-22)40-3/h4-16,19-20,34H,17-18H2,1-3H3,(H,32,36)(H,33,35). The van der Waals surface area contributed by atoms with E-state index in [0.29, 0.717) is 35.7 Å². The third-order valence-electron chi connectivity index (χ3n) is 6.28. The normalized spacial score (nSPS) is 10.9. The molecule has 0 fully saturated rings. The third kappa shape index (κ3) is 7.43. The van der Waals surface area contributed by atoms with Gasteiger partial charge in [-0.25, -0.2) is 8.42 Å². The van der Waals surface area contributed by atoms with E-state index in [2.05, 4.69) is 15.4 Å². The Morgan fingerprint density at radius 3 is 2.24 bits per heavy atom. The average molecular weight is 574 g/mol. The summed E-state index contributed by atoms with van der Waals surface area (Å²) in [7, 11) is -0.702. The summed E-state index contributed by atoms with van der Waals surface area (Å²) in [4.78, 5) is 26.2. The maximum atomic E-state index is 13.1. The van der Waals surface area contributed by atoms with Gasteiger partial charge in [0.15, 0.2) is 11.5 Å². The number of carbonyl (C=O) groups is 2. The highest BCUT2D eigenvalue weighted by atomic mass is 32.2. The molecule has 0 spiro atoms. The topological polar surface area (TPSA) is 123 Å². The monoisotopic (exact) mass is 573 g/mol. The van der Waals surface area contributed by atoms with Crippen LogP contribution in [0.5, 0.6) is 11.5 Å². The molecule has 0 bridgehead atoms. The van der Waals surface area contributed by atoms with Crippen LogP contribution in [0.15, 0.2) is 95.9 Å². The third-order valence-corrected chi connectivity index (χ3v) is 7.67. The highest BCUT2D eigenvalue weighted by molar-refractivity contribution is 7.92. The molecule has 10 heteroatoms. The fourth-order valence-electron chi connectivity index (χ4n) is 4.09. The largest absolute Gasteiger partial charge is 0.493 e. The Morgan fingerprint density at radius 2 is 1.51 bits per heavy atom. The molecular weight excluding hydrogens is 542 g/mol. The fraction of sp³-hybridized carbons (Fsp3) is 0.161. The summed E-state index contributed by atoms with van der Waals surface area (Å²) in [6, 6.07) is 24.8. The lowest BCUT2D eigenvalue weighted by atomic mass is 10.1. The molecule has 2 amide bonds. The number of benzene rings is 4. The maximum absolute atomic E-state index is 13.1. The average Bonchev–Trinajstić information content (AvgIpc) is 2.97. The summed E-state index contributed by atoms with van der Waals surface area (Å²) in [5, 5.41) is 5.65. The molecule has 3 N–H and O–H groups in total. The van der Waals surface area contributed by atoms with E-state index in [1.54, 1.807) is 68.8 Å². The van der Waals surface area contributed by atoms with Crippen LogP contribution >= 0.6 is 0 Å². The summed E-state index contributed by atoms with van der Waals surface area (Å²) in [6.45, 7) is 2.23. The van der Waals surface area contributed by atoms with Crippen LogP contribution in [0.2, 0.25) is 0 Å². The summed E-state index contributed by atoms with van der Waals surface area (Å²) < 4.78 is 38.6. The Hall–Kier alpha value is -4.83. The molecule has 212 valence electrons. The number of rotatable bonds is 11. The Morgan fingerprint density at radius 1 is 0.780 bits per heavy atom. The Labute approximate surface area is 239 Å². The van der Waals surface area contributed by atoms with Gasteiger partial charge in [0.2, 0.25) is 0 Å². The van der Waals surface area contributed by atoms with Gasteiger partial charge < -0.3 is 20.1 Å². The van der Waals surface area contributed by atoms with E-state index in [9.17, 15) is 18.0 Å². The zero-order valence-corrected chi connectivity index (χ0v) is 23.7. The number of amides is 2. The minimum absolute atomic E-state index is 0.115. The second kappa shape index (κ2) is 13.0. The molecule has 0 heterocycles. The highest BCUT2D eigenvalue weighted by Gasteiger charge is 2.17. The van der Waals surface area contributed by atoms with E-state index in [4.69, 9.17) is 9.47 Å². The first-order chi connectivity index (χ1) is 19.7. The van der Waals surface area contributed by atoms with E-state index in [1.165, 1.54) is 18.2 Å².